The molecule has 1 aliphatic heterocycles. The number of hydrogen-bond acceptors (Lipinski definition) is 6. The van der Waals surface area contributed by atoms with Crippen molar-refractivity contribution in [3.8, 4) is 5.75 Å². The minimum Gasteiger partial charge on any atom is -0.485 e. The van der Waals surface area contributed by atoms with Crippen LogP contribution in [0.15, 0.2) is 16.5 Å². The highest BCUT2D eigenvalue weighted by atomic mass is 16.6. The van der Waals surface area contributed by atoms with E-state index in [0.717, 1.165) is 29.0 Å². The molecule has 1 aromatic carbocycles. The summed E-state index contributed by atoms with van der Waals surface area (Å²) >= 11 is 0. The van der Waals surface area contributed by atoms with Crippen molar-refractivity contribution in [1.82, 2.24) is 9.88 Å². The second kappa shape index (κ2) is 7.13. The van der Waals surface area contributed by atoms with Crippen LogP contribution in [0.1, 0.15) is 49.2 Å². The minimum absolute atomic E-state index is 0.280. The quantitative estimate of drug-likeness (QED) is 0.824. The van der Waals surface area contributed by atoms with Gasteiger partial charge in [0.1, 0.15) is 29.4 Å². The van der Waals surface area contributed by atoms with Gasteiger partial charge in [0.05, 0.1) is 5.69 Å². The first-order valence-electron chi connectivity index (χ1n) is 9.07. The lowest BCUT2D eigenvalue weighted by molar-refractivity contribution is 0.0224. The minimum atomic E-state index is -0.514. The molecule has 0 saturated carbocycles. The van der Waals surface area contributed by atoms with Crippen LogP contribution >= 0.6 is 0 Å². The van der Waals surface area contributed by atoms with Gasteiger partial charge in [0.2, 0.25) is 0 Å². The molecule has 2 N–H and O–H groups in total. The van der Waals surface area contributed by atoms with E-state index < -0.39 is 5.60 Å². The van der Waals surface area contributed by atoms with Gasteiger partial charge >= 0.3 is 6.09 Å². The van der Waals surface area contributed by atoms with Gasteiger partial charge in [-0.3, -0.25) is 0 Å². The molecule has 3 rings (SSSR count). The molecular weight excluding hydrogens is 346 g/mol. The predicted molar refractivity (Wildman–Crippen MR) is 102 cm³/mol. The average Bonchev–Trinajstić information content (AvgIpc) is 2.88. The third-order valence-electron chi connectivity index (χ3n) is 4.36. The third kappa shape index (κ3) is 4.53. The van der Waals surface area contributed by atoms with Gasteiger partial charge in [-0.1, -0.05) is 0 Å². The van der Waals surface area contributed by atoms with Crippen molar-refractivity contribution in [3.05, 3.63) is 40.6 Å². The monoisotopic (exact) mass is 373 g/mol. The third-order valence-corrected chi connectivity index (χ3v) is 4.36. The van der Waals surface area contributed by atoms with Gasteiger partial charge in [-0.15, -0.1) is 0 Å². The lowest BCUT2D eigenvalue weighted by Gasteiger charge is -2.31. The number of carbonyl (C=O) groups is 1. The van der Waals surface area contributed by atoms with Crippen LogP contribution in [0.25, 0.3) is 0 Å². The molecule has 0 bridgehead atoms. The average molecular weight is 373 g/mol. The Morgan fingerprint density at radius 2 is 2.04 bits per heavy atom. The van der Waals surface area contributed by atoms with Crippen molar-refractivity contribution in [2.45, 2.75) is 59.8 Å². The van der Waals surface area contributed by atoms with E-state index in [1.54, 1.807) is 11.8 Å². The maximum atomic E-state index is 12.4. The van der Waals surface area contributed by atoms with Crippen LogP contribution < -0.4 is 10.5 Å². The molecule has 0 unspecified atom stereocenters. The summed E-state index contributed by atoms with van der Waals surface area (Å²) in [5.74, 6) is 1.93. The number of nitrogens with zero attached hydrogens (tertiary/aromatic N) is 2. The summed E-state index contributed by atoms with van der Waals surface area (Å²) in [7, 11) is 0. The summed E-state index contributed by atoms with van der Waals surface area (Å²) < 4.78 is 16.8. The Kier molecular flexibility index (Phi) is 5.04. The molecule has 146 valence electrons. The topological polar surface area (TPSA) is 90.8 Å². The number of benzene rings is 1. The van der Waals surface area contributed by atoms with Gasteiger partial charge in [-0.25, -0.2) is 9.78 Å². The van der Waals surface area contributed by atoms with Gasteiger partial charge in [0.15, 0.2) is 5.89 Å². The van der Waals surface area contributed by atoms with E-state index in [4.69, 9.17) is 19.6 Å². The Balaban J connectivity index is 1.73. The maximum absolute atomic E-state index is 12.4. The van der Waals surface area contributed by atoms with E-state index >= 15 is 0 Å². The van der Waals surface area contributed by atoms with Gasteiger partial charge < -0.3 is 24.5 Å². The van der Waals surface area contributed by atoms with E-state index in [9.17, 15) is 4.79 Å². The molecule has 0 spiro atoms. The van der Waals surface area contributed by atoms with Gasteiger partial charge in [0.25, 0.3) is 0 Å². The molecule has 2 aromatic rings. The van der Waals surface area contributed by atoms with Crippen molar-refractivity contribution < 1.29 is 18.7 Å². The van der Waals surface area contributed by atoms with E-state index in [1.165, 1.54) is 0 Å². The van der Waals surface area contributed by atoms with Crippen LogP contribution in [0.5, 0.6) is 5.75 Å². The summed E-state index contributed by atoms with van der Waals surface area (Å²) in [4.78, 5) is 18.4. The number of anilines is 1. The summed E-state index contributed by atoms with van der Waals surface area (Å²) in [6, 6.07) is 3.83. The van der Waals surface area contributed by atoms with Crippen LogP contribution in [0.3, 0.4) is 0 Å². The fourth-order valence-corrected chi connectivity index (χ4v) is 3.07. The smallest absolute Gasteiger partial charge is 0.410 e. The highest BCUT2D eigenvalue weighted by Gasteiger charge is 2.26. The van der Waals surface area contributed by atoms with Gasteiger partial charge in [-0.05, 0) is 57.4 Å². The largest absolute Gasteiger partial charge is 0.485 e. The van der Waals surface area contributed by atoms with Crippen molar-refractivity contribution in [1.29, 1.82) is 0 Å². The number of fused-ring (bicyclic) bond motifs is 1. The molecule has 7 nitrogen and oxygen atoms in total. The number of hydrogen-bond donors (Lipinski definition) is 1. The van der Waals surface area contributed by atoms with Crippen LogP contribution in [0, 0.1) is 13.8 Å². The normalized spacial score (nSPS) is 14.0. The molecule has 1 amide bonds. The Labute approximate surface area is 159 Å². The highest BCUT2D eigenvalue weighted by Crippen LogP contribution is 2.31. The first kappa shape index (κ1) is 19.1. The number of aryl methyl sites for hydroxylation is 2. The first-order valence-corrected chi connectivity index (χ1v) is 9.07. The molecule has 0 aliphatic carbocycles. The number of amides is 1. The fraction of sp³-hybridized carbons (Fsp3) is 0.500. The molecule has 1 aliphatic rings. The zero-order valence-corrected chi connectivity index (χ0v) is 16.6. The number of carbonyl (C=O) groups excluding carboxylic acids is 1. The second-order valence-corrected chi connectivity index (χ2v) is 7.84. The molecule has 0 saturated heterocycles. The number of nitrogens with two attached hydrogens (primary N) is 1. The number of ether oxygens (including phenoxy) is 2. The Hall–Kier alpha value is -2.70. The number of nitrogen functional groups attached to an aromatic ring is 1. The first-order chi connectivity index (χ1) is 12.6. The van der Waals surface area contributed by atoms with E-state index in [0.29, 0.717) is 30.4 Å². The van der Waals surface area contributed by atoms with Crippen LogP contribution in [0.4, 0.5) is 10.5 Å². The standard InChI is InChI=1S/C20H27N3O4/c1-12-17(22-13(2)26-12)11-25-18-9-15-10-23(19(24)27-20(3,4)5)7-6-14(15)8-16(18)21/h8-9H,6-7,10-11,21H2,1-5H3. The lowest BCUT2D eigenvalue weighted by Crippen LogP contribution is -2.39. The molecule has 1 aromatic heterocycles. The Morgan fingerprint density at radius 1 is 1.30 bits per heavy atom. The number of oxazole rings is 1. The number of rotatable bonds is 3. The summed E-state index contributed by atoms with van der Waals surface area (Å²) in [6.07, 6.45) is 0.432. The lowest BCUT2D eigenvalue weighted by atomic mass is 9.98. The van der Waals surface area contributed by atoms with Crippen molar-refractivity contribution in [2.75, 3.05) is 12.3 Å². The fourth-order valence-electron chi connectivity index (χ4n) is 3.07. The maximum Gasteiger partial charge on any atom is 0.410 e. The highest BCUT2D eigenvalue weighted by molar-refractivity contribution is 5.69. The molecule has 0 radical (unpaired) electrons. The zero-order valence-electron chi connectivity index (χ0n) is 16.6. The second-order valence-electron chi connectivity index (χ2n) is 7.84. The van der Waals surface area contributed by atoms with Gasteiger partial charge in [-0.2, -0.15) is 0 Å². The Morgan fingerprint density at radius 3 is 2.67 bits per heavy atom. The molecule has 0 atom stereocenters. The molecule has 2 heterocycles. The zero-order chi connectivity index (χ0) is 19.8. The van der Waals surface area contributed by atoms with Crippen LogP contribution in [-0.4, -0.2) is 28.1 Å². The summed E-state index contributed by atoms with van der Waals surface area (Å²) in [5, 5.41) is 0. The van der Waals surface area contributed by atoms with Crippen molar-refractivity contribution in [3.63, 3.8) is 0 Å². The van der Waals surface area contributed by atoms with Crippen LogP contribution in [-0.2, 0) is 24.3 Å². The Bertz CT molecular complexity index is 852. The van der Waals surface area contributed by atoms with E-state index in [1.807, 2.05) is 39.8 Å². The number of aromatic nitrogens is 1. The van der Waals surface area contributed by atoms with E-state index in [2.05, 4.69) is 4.98 Å². The van der Waals surface area contributed by atoms with E-state index in [-0.39, 0.29) is 12.7 Å². The molecule has 27 heavy (non-hydrogen) atoms. The van der Waals surface area contributed by atoms with Gasteiger partial charge in [0, 0.05) is 20.0 Å². The molecule has 7 heteroatoms. The van der Waals surface area contributed by atoms with Crippen molar-refractivity contribution >= 4 is 11.8 Å². The van der Waals surface area contributed by atoms with Crippen molar-refractivity contribution in [2.24, 2.45) is 0 Å². The predicted octanol–water partition coefficient (Wildman–Crippen LogP) is 3.75. The molecular formula is C20H27N3O4. The SMILES string of the molecule is Cc1nc(COc2cc3c(cc2N)CCN(C(=O)OC(C)(C)C)C3)c(C)o1. The summed E-state index contributed by atoms with van der Waals surface area (Å²) in [6.45, 7) is 10.6. The summed E-state index contributed by atoms with van der Waals surface area (Å²) in [5.41, 5.74) is 9.12. The molecule has 0 fully saturated rings. The van der Waals surface area contributed by atoms with Crippen LogP contribution in [0.2, 0.25) is 0 Å².